The van der Waals surface area contributed by atoms with E-state index in [2.05, 4.69) is 56.6 Å². The molecule has 0 amide bonds. The Kier molecular flexibility index (Phi) is 4.83. The highest BCUT2D eigenvalue weighted by Gasteiger charge is 2.12. The van der Waals surface area contributed by atoms with Crippen molar-refractivity contribution >= 4 is 11.8 Å². The van der Waals surface area contributed by atoms with Crippen LogP contribution in [0, 0.1) is 6.92 Å². The van der Waals surface area contributed by atoms with Gasteiger partial charge in [-0.3, -0.25) is 0 Å². The largest absolute Gasteiger partial charge is 0.355 e. The van der Waals surface area contributed by atoms with Crippen LogP contribution in [0.1, 0.15) is 36.8 Å². The molecule has 1 fully saturated rings. The maximum Gasteiger partial charge on any atom is 0.244 e. The van der Waals surface area contributed by atoms with Crippen LogP contribution in [0.5, 0.6) is 0 Å². The monoisotopic (exact) mass is 297 g/mol. The Morgan fingerprint density at radius 1 is 1.14 bits per heavy atom. The summed E-state index contributed by atoms with van der Waals surface area (Å²) in [6, 6.07) is 8.44. The van der Waals surface area contributed by atoms with Crippen LogP contribution < -0.4 is 10.2 Å². The van der Waals surface area contributed by atoms with E-state index in [1.54, 1.807) is 6.20 Å². The normalized spacial score (nSPS) is 15.4. The first-order valence-electron chi connectivity index (χ1n) is 8.05. The predicted octanol–water partition coefficient (Wildman–Crippen LogP) is 3.17. The number of nitrogens with zero attached hydrogens (tertiary/aromatic N) is 4. The van der Waals surface area contributed by atoms with Gasteiger partial charge < -0.3 is 10.2 Å². The van der Waals surface area contributed by atoms with Crippen molar-refractivity contribution in [1.82, 2.24) is 15.2 Å². The minimum atomic E-state index is 0.600. The third-order valence-electron chi connectivity index (χ3n) is 4.01. The zero-order valence-electron chi connectivity index (χ0n) is 13.1. The van der Waals surface area contributed by atoms with E-state index in [-0.39, 0.29) is 0 Å². The topological polar surface area (TPSA) is 53.9 Å². The van der Waals surface area contributed by atoms with Crippen molar-refractivity contribution in [2.75, 3.05) is 23.3 Å². The average molecular weight is 297 g/mol. The molecule has 5 heteroatoms. The Labute approximate surface area is 131 Å². The number of aromatic nitrogens is 3. The van der Waals surface area contributed by atoms with Crippen LogP contribution in [0.3, 0.4) is 0 Å². The van der Waals surface area contributed by atoms with Gasteiger partial charge in [-0.1, -0.05) is 42.7 Å². The molecule has 1 aliphatic heterocycles. The molecular weight excluding hydrogens is 274 g/mol. The Morgan fingerprint density at radius 3 is 2.73 bits per heavy atom. The molecule has 0 radical (unpaired) electrons. The second kappa shape index (κ2) is 7.20. The summed E-state index contributed by atoms with van der Waals surface area (Å²) in [4.78, 5) is 6.94. The average Bonchev–Trinajstić information content (AvgIpc) is 2.83. The number of anilines is 2. The summed E-state index contributed by atoms with van der Waals surface area (Å²) < 4.78 is 0. The quantitative estimate of drug-likeness (QED) is 0.939. The van der Waals surface area contributed by atoms with Crippen LogP contribution in [0.25, 0.3) is 0 Å². The van der Waals surface area contributed by atoms with E-state index in [0.717, 1.165) is 18.9 Å². The molecule has 116 valence electrons. The van der Waals surface area contributed by atoms with Gasteiger partial charge in [0.15, 0.2) is 5.82 Å². The van der Waals surface area contributed by atoms with Gasteiger partial charge in [0.2, 0.25) is 5.95 Å². The van der Waals surface area contributed by atoms with Crippen molar-refractivity contribution in [3.05, 3.63) is 41.6 Å². The molecule has 1 saturated heterocycles. The number of hydrogen-bond acceptors (Lipinski definition) is 5. The summed E-state index contributed by atoms with van der Waals surface area (Å²) in [5.74, 6) is 1.53. The third kappa shape index (κ3) is 3.93. The molecule has 0 saturated carbocycles. The lowest BCUT2D eigenvalue weighted by atomic mass is 10.1. The molecule has 1 aliphatic rings. The molecule has 0 atom stereocenters. The van der Waals surface area contributed by atoms with Gasteiger partial charge in [0, 0.05) is 19.6 Å². The van der Waals surface area contributed by atoms with Gasteiger partial charge in [-0.15, -0.1) is 5.10 Å². The molecule has 0 bridgehead atoms. The lowest BCUT2D eigenvalue weighted by Gasteiger charge is -2.20. The highest BCUT2D eigenvalue weighted by atomic mass is 15.3. The van der Waals surface area contributed by atoms with E-state index in [4.69, 9.17) is 0 Å². The Balaban J connectivity index is 1.65. The Morgan fingerprint density at radius 2 is 1.95 bits per heavy atom. The molecule has 22 heavy (non-hydrogen) atoms. The van der Waals surface area contributed by atoms with E-state index in [1.165, 1.54) is 36.8 Å². The molecule has 0 aliphatic carbocycles. The maximum absolute atomic E-state index is 4.62. The molecule has 0 spiro atoms. The molecule has 2 aromatic rings. The van der Waals surface area contributed by atoms with E-state index >= 15 is 0 Å². The maximum atomic E-state index is 4.62. The van der Waals surface area contributed by atoms with E-state index < -0.39 is 0 Å². The van der Waals surface area contributed by atoms with Crippen molar-refractivity contribution in [3.8, 4) is 0 Å². The minimum Gasteiger partial charge on any atom is -0.355 e. The third-order valence-corrected chi connectivity index (χ3v) is 4.01. The van der Waals surface area contributed by atoms with Gasteiger partial charge in [-0.05, 0) is 25.3 Å². The first-order valence-corrected chi connectivity index (χ1v) is 8.05. The molecule has 3 rings (SSSR count). The molecule has 1 aromatic heterocycles. The zero-order chi connectivity index (χ0) is 15.2. The van der Waals surface area contributed by atoms with Crippen molar-refractivity contribution in [2.24, 2.45) is 0 Å². The first kappa shape index (κ1) is 14.8. The first-order chi connectivity index (χ1) is 10.8. The summed E-state index contributed by atoms with van der Waals surface area (Å²) in [5, 5.41) is 11.5. The number of hydrogen-bond donors (Lipinski definition) is 1. The molecule has 1 N–H and O–H groups in total. The highest BCUT2D eigenvalue weighted by Crippen LogP contribution is 2.17. The van der Waals surface area contributed by atoms with E-state index in [0.29, 0.717) is 12.5 Å². The second-order valence-electron chi connectivity index (χ2n) is 5.88. The molecule has 5 nitrogen and oxygen atoms in total. The SMILES string of the molecule is Cc1cccc(CNc2nncc(N3CCCCCC3)n2)c1. The Hall–Kier alpha value is -2.17. The number of benzene rings is 1. The minimum absolute atomic E-state index is 0.600. The van der Waals surface area contributed by atoms with Crippen LogP contribution in [0.4, 0.5) is 11.8 Å². The highest BCUT2D eigenvalue weighted by molar-refractivity contribution is 5.40. The van der Waals surface area contributed by atoms with Gasteiger partial charge in [0.05, 0.1) is 6.20 Å². The standard InChI is InChI=1S/C17H23N5/c1-14-7-6-8-15(11-14)12-18-17-20-16(13-19-21-17)22-9-4-2-3-5-10-22/h6-8,11,13H,2-5,9-10,12H2,1H3,(H,18,20,21). The predicted molar refractivity (Wildman–Crippen MR) is 89.0 cm³/mol. The van der Waals surface area contributed by atoms with Crippen LogP contribution >= 0.6 is 0 Å². The smallest absolute Gasteiger partial charge is 0.244 e. The van der Waals surface area contributed by atoms with Crippen LogP contribution in [0.15, 0.2) is 30.5 Å². The van der Waals surface area contributed by atoms with Crippen molar-refractivity contribution in [2.45, 2.75) is 39.2 Å². The molecule has 2 heterocycles. The van der Waals surface area contributed by atoms with Crippen molar-refractivity contribution < 1.29 is 0 Å². The van der Waals surface area contributed by atoms with Crippen LogP contribution in [-0.2, 0) is 6.54 Å². The van der Waals surface area contributed by atoms with Gasteiger partial charge in [0.1, 0.15) is 0 Å². The van der Waals surface area contributed by atoms with Gasteiger partial charge in [-0.2, -0.15) is 10.1 Å². The van der Waals surface area contributed by atoms with Crippen molar-refractivity contribution in [3.63, 3.8) is 0 Å². The molecular formula is C17H23N5. The molecule has 1 aromatic carbocycles. The molecule has 0 unspecified atom stereocenters. The van der Waals surface area contributed by atoms with Crippen LogP contribution in [-0.4, -0.2) is 28.3 Å². The van der Waals surface area contributed by atoms with Gasteiger partial charge in [0.25, 0.3) is 0 Å². The summed E-state index contributed by atoms with van der Waals surface area (Å²) in [6.07, 6.45) is 6.86. The fourth-order valence-electron chi connectivity index (χ4n) is 2.83. The van der Waals surface area contributed by atoms with Crippen molar-refractivity contribution in [1.29, 1.82) is 0 Å². The van der Waals surface area contributed by atoms with Gasteiger partial charge in [-0.25, -0.2) is 0 Å². The summed E-state index contributed by atoms with van der Waals surface area (Å²) in [5.41, 5.74) is 2.49. The lowest BCUT2D eigenvalue weighted by Crippen LogP contribution is -2.25. The fraction of sp³-hybridized carbons (Fsp3) is 0.471. The summed E-state index contributed by atoms with van der Waals surface area (Å²) in [6.45, 7) is 4.94. The number of aryl methyl sites for hydroxylation is 1. The van der Waals surface area contributed by atoms with E-state index in [9.17, 15) is 0 Å². The summed E-state index contributed by atoms with van der Waals surface area (Å²) in [7, 11) is 0. The second-order valence-corrected chi connectivity index (χ2v) is 5.88. The lowest BCUT2D eigenvalue weighted by molar-refractivity contribution is 0.726. The Bertz CT molecular complexity index is 606. The summed E-state index contributed by atoms with van der Waals surface area (Å²) >= 11 is 0. The fourth-order valence-corrected chi connectivity index (χ4v) is 2.83. The number of rotatable bonds is 4. The van der Waals surface area contributed by atoms with Gasteiger partial charge >= 0.3 is 0 Å². The zero-order valence-corrected chi connectivity index (χ0v) is 13.1. The number of nitrogens with one attached hydrogen (secondary N) is 1. The van der Waals surface area contributed by atoms with E-state index in [1.807, 2.05) is 0 Å². The van der Waals surface area contributed by atoms with Crippen LogP contribution in [0.2, 0.25) is 0 Å².